The Hall–Kier alpha value is -1.21. The van der Waals surface area contributed by atoms with Gasteiger partial charge in [0.25, 0.3) is 0 Å². The molecule has 0 radical (unpaired) electrons. The Morgan fingerprint density at radius 2 is 1.42 bits per heavy atom. The molecule has 0 aliphatic carbocycles. The van der Waals surface area contributed by atoms with Crippen LogP contribution < -0.4 is 0 Å². The lowest BCUT2D eigenvalue weighted by Gasteiger charge is -2.19. The minimum atomic E-state index is -0.143. The number of furan rings is 1. The van der Waals surface area contributed by atoms with Crippen LogP contribution in [0.5, 0.6) is 0 Å². The highest BCUT2D eigenvalue weighted by atomic mass is 35.5. The van der Waals surface area contributed by atoms with Crippen molar-refractivity contribution < 1.29 is 4.42 Å². The Kier molecular flexibility index (Phi) is 3.78. The largest absolute Gasteiger partial charge is 0.466 e. The summed E-state index contributed by atoms with van der Waals surface area (Å²) in [5.41, 5.74) is 7.45. The average Bonchev–Trinajstić information content (AvgIpc) is 2.66. The van der Waals surface area contributed by atoms with E-state index >= 15 is 0 Å². The molecule has 2 heteroatoms. The topological polar surface area (TPSA) is 13.1 Å². The van der Waals surface area contributed by atoms with Crippen LogP contribution in [0.2, 0.25) is 0 Å². The highest BCUT2D eigenvalue weighted by Crippen LogP contribution is 2.38. The third kappa shape index (κ3) is 2.44. The van der Waals surface area contributed by atoms with Gasteiger partial charge in [-0.1, -0.05) is 6.07 Å². The molecular weight excluding hydrogens is 256 g/mol. The first kappa shape index (κ1) is 14.2. The molecule has 0 spiro atoms. The molecule has 0 aliphatic rings. The van der Waals surface area contributed by atoms with E-state index in [9.17, 15) is 0 Å². The van der Waals surface area contributed by atoms with Crippen molar-refractivity contribution in [2.75, 3.05) is 0 Å². The number of aryl methyl sites for hydroxylation is 4. The first-order chi connectivity index (χ1) is 8.82. The van der Waals surface area contributed by atoms with Crippen molar-refractivity contribution in [3.63, 3.8) is 0 Å². The van der Waals surface area contributed by atoms with Crippen LogP contribution in [0, 0.1) is 41.5 Å². The summed E-state index contributed by atoms with van der Waals surface area (Å²) in [5, 5.41) is -0.143. The molecule has 0 N–H and O–H groups in total. The summed E-state index contributed by atoms with van der Waals surface area (Å²) >= 11 is 6.74. The van der Waals surface area contributed by atoms with E-state index in [4.69, 9.17) is 16.0 Å². The van der Waals surface area contributed by atoms with Crippen molar-refractivity contribution in [2.24, 2.45) is 0 Å². The van der Waals surface area contributed by atoms with Gasteiger partial charge in [0, 0.05) is 5.56 Å². The number of hydrogen-bond donors (Lipinski definition) is 0. The van der Waals surface area contributed by atoms with E-state index in [1.807, 2.05) is 19.9 Å². The van der Waals surface area contributed by atoms with Gasteiger partial charge in [0.1, 0.15) is 11.5 Å². The van der Waals surface area contributed by atoms with Gasteiger partial charge in [-0.3, -0.25) is 0 Å². The van der Waals surface area contributed by atoms with E-state index in [-0.39, 0.29) is 5.38 Å². The van der Waals surface area contributed by atoms with Crippen molar-refractivity contribution in [1.29, 1.82) is 0 Å². The Morgan fingerprint density at radius 1 is 0.895 bits per heavy atom. The number of rotatable bonds is 2. The van der Waals surface area contributed by atoms with Crippen LogP contribution in [-0.2, 0) is 0 Å². The van der Waals surface area contributed by atoms with Crippen LogP contribution in [0.3, 0.4) is 0 Å². The number of alkyl halides is 1. The molecule has 1 atom stereocenters. The number of halogens is 1. The molecule has 2 rings (SSSR count). The Balaban J connectivity index is 2.62. The van der Waals surface area contributed by atoms with E-state index in [0.29, 0.717) is 0 Å². The quantitative estimate of drug-likeness (QED) is 0.664. The average molecular weight is 277 g/mol. The van der Waals surface area contributed by atoms with E-state index in [1.54, 1.807) is 0 Å². The molecule has 0 fully saturated rings. The molecule has 1 aromatic heterocycles. The predicted molar refractivity (Wildman–Crippen MR) is 81.3 cm³/mol. The second-order valence-electron chi connectivity index (χ2n) is 5.41. The molecule has 2 aromatic rings. The van der Waals surface area contributed by atoms with Gasteiger partial charge in [0.2, 0.25) is 0 Å². The molecular formula is C17H21ClO. The Bertz CT molecular complexity index is 596. The summed E-state index contributed by atoms with van der Waals surface area (Å²) in [5.74, 6) is 1.83. The highest BCUT2D eigenvalue weighted by molar-refractivity contribution is 6.23. The summed E-state index contributed by atoms with van der Waals surface area (Å²) in [7, 11) is 0. The molecule has 1 unspecified atom stereocenters. The van der Waals surface area contributed by atoms with Crippen molar-refractivity contribution in [3.05, 3.63) is 57.0 Å². The molecule has 0 bridgehead atoms. The summed E-state index contributed by atoms with van der Waals surface area (Å²) in [6, 6.07) is 4.27. The fourth-order valence-electron chi connectivity index (χ4n) is 2.69. The third-order valence-corrected chi connectivity index (χ3v) is 4.48. The van der Waals surface area contributed by atoms with Crippen molar-refractivity contribution >= 4 is 11.6 Å². The summed E-state index contributed by atoms with van der Waals surface area (Å²) < 4.78 is 5.61. The summed E-state index contributed by atoms with van der Waals surface area (Å²) in [6.07, 6.45) is 0. The maximum absolute atomic E-state index is 6.74. The molecule has 1 heterocycles. The lowest BCUT2D eigenvalue weighted by molar-refractivity contribution is 0.501. The number of benzene rings is 1. The van der Waals surface area contributed by atoms with Crippen LogP contribution in [0.25, 0.3) is 0 Å². The van der Waals surface area contributed by atoms with Crippen molar-refractivity contribution in [3.8, 4) is 0 Å². The Labute approximate surface area is 120 Å². The van der Waals surface area contributed by atoms with Gasteiger partial charge in [-0.05, 0) is 75.4 Å². The lowest BCUT2D eigenvalue weighted by atomic mass is 9.90. The Morgan fingerprint density at radius 3 is 1.84 bits per heavy atom. The summed E-state index contributed by atoms with van der Waals surface area (Å²) in [4.78, 5) is 0. The molecule has 0 aliphatic heterocycles. The standard InChI is InChI=1S/C17H21ClO/c1-9-7-10(2)13(5)16(12(9)4)17(18)15-8-11(3)19-14(15)6/h7-8,17H,1-6H3. The first-order valence-electron chi connectivity index (χ1n) is 6.61. The van der Waals surface area contributed by atoms with Gasteiger partial charge in [-0.25, -0.2) is 0 Å². The van der Waals surface area contributed by atoms with Crippen molar-refractivity contribution in [1.82, 2.24) is 0 Å². The minimum absolute atomic E-state index is 0.143. The van der Waals surface area contributed by atoms with Crippen molar-refractivity contribution in [2.45, 2.75) is 46.9 Å². The normalized spacial score (nSPS) is 12.8. The van der Waals surface area contributed by atoms with E-state index < -0.39 is 0 Å². The van der Waals surface area contributed by atoms with E-state index in [0.717, 1.165) is 17.1 Å². The third-order valence-electron chi connectivity index (χ3n) is 4.03. The van der Waals surface area contributed by atoms with Gasteiger partial charge in [-0.2, -0.15) is 0 Å². The molecule has 19 heavy (non-hydrogen) atoms. The molecule has 102 valence electrons. The lowest BCUT2D eigenvalue weighted by Crippen LogP contribution is -2.03. The van der Waals surface area contributed by atoms with Crippen LogP contribution in [-0.4, -0.2) is 0 Å². The van der Waals surface area contributed by atoms with E-state index in [1.165, 1.54) is 27.8 Å². The molecule has 1 nitrogen and oxygen atoms in total. The molecule has 0 saturated heterocycles. The fourth-order valence-corrected chi connectivity index (χ4v) is 3.23. The van der Waals surface area contributed by atoms with Crippen LogP contribution in [0.4, 0.5) is 0 Å². The first-order valence-corrected chi connectivity index (χ1v) is 7.04. The maximum Gasteiger partial charge on any atom is 0.106 e. The van der Waals surface area contributed by atoms with Crippen LogP contribution >= 0.6 is 11.6 Å². The highest BCUT2D eigenvalue weighted by Gasteiger charge is 2.21. The monoisotopic (exact) mass is 276 g/mol. The van der Waals surface area contributed by atoms with Gasteiger partial charge in [0.05, 0.1) is 5.38 Å². The van der Waals surface area contributed by atoms with Gasteiger partial charge in [-0.15, -0.1) is 11.6 Å². The molecule has 1 aromatic carbocycles. The second-order valence-corrected chi connectivity index (χ2v) is 5.84. The fraction of sp³-hybridized carbons (Fsp3) is 0.412. The van der Waals surface area contributed by atoms with Gasteiger partial charge in [0.15, 0.2) is 0 Å². The molecule has 0 saturated carbocycles. The van der Waals surface area contributed by atoms with Gasteiger partial charge >= 0.3 is 0 Å². The smallest absolute Gasteiger partial charge is 0.106 e. The zero-order chi connectivity index (χ0) is 14.3. The predicted octanol–water partition coefficient (Wildman–Crippen LogP) is 5.46. The maximum atomic E-state index is 6.74. The van der Waals surface area contributed by atoms with Crippen LogP contribution in [0.1, 0.15) is 50.3 Å². The van der Waals surface area contributed by atoms with E-state index in [2.05, 4.69) is 33.8 Å². The zero-order valence-electron chi connectivity index (χ0n) is 12.5. The SMILES string of the molecule is Cc1cc(C(Cl)c2c(C)c(C)cc(C)c2C)c(C)o1. The number of hydrogen-bond acceptors (Lipinski definition) is 1. The van der Waals surface area contributed by atoms with Crippen LogP contribution in [0.15, 0.2) is 16.5 Å². The summed E-state index contributed by atoms with van der Waals surface area (Å²) in [6.45, 7) is 12.5. The second kappa shape index (κ2) is 5.05. The zero-order valence-corrected chi connectivity index (χ0v) is 13.3. The van der Waals surface area contributed by atoms with Gasteiger partial charge < -0.3 is 4.42 Å². The minimum Gasteiger partial charge on any atom is -0.466 e. The molecule has 0 amide bonds.